The molecule has 2 aliphatic rings. The first-order chi connectivity index (χ1) is 13.0. The Morgan fingerprint density at radius 3 is 2.52 bits per heavy atom. The van der Waals surface area contributed by atoms with Crippen LogP contribution in [0, 0.1) is 6.92 Å². The fourth-order valence-corrected chi connectivity index (χ4v) is 6.48. The third-order valence-electron chi connectivity index (χ3n) is 5.95. The molecule has 2 saturated heterocycles. The fraction of sp³-hybridized carbons (Fsp3) is 0.550. The number of piperazine rings is 1. The molecule has 0 radical (unpaired) electrons. The summed E-state index contributed by atoms with van der Waals surface area (Å²) in [5, 5.41) is 0. The van der Waals surface area contributed by atoms with Crippen LogP contribution in [0.25, 0.3) is 0 Å². The molecule has 7 heteroatoms. The second-order valence-electron chi connectivity index (χ2n) is 7.78. The van der Waals surface area contributed by atoms with Gasteiger partial charge in [-0.2, -0.15) is 0 Å². The van der Waals surface area contributed by atoms with E-state index in [1.54, 1.807) is 6.33 Å². The summed E-state index contributed by atoms with van der Waals surface area (Å²) in [5.41, 5.74) is 3.44. The lowest BCUT2D eigenvalue weighted by molar-refractivity contribution is 0.0391. The molecule has 0 amide bonds. The summed E-state index contributed by atoms with van der Waals surface area (Å²) >= 11 is 0. The molecule has 3 heterocycles. The zero-order chi connectivity index (χ0) is 18.9. The van der Waals surface area contributed by atoms with E-state index in [9.17, 15) is 8.42 Å². The molecule has 6 nitrogen and oxygen atoms in total. The van der Waals surface area contributed by atoms with Gasteiger partial charge in [0.2, 0.25) is 0 Å². The Kier molecular flexibility index (Phi) is 5.34. The van der Waals surface area contributed by atoms with Crippen molar-refractivity contribution in [1.29, 1.82) is 0 Å². The molecular formula is C20H28N4O2S. The number of aromatic amines is 1. The van der Waals surface area contributed by atoms with E-state index in [-0.39, 0.29) is 17.8 Å². The van der Waals surface area contributed by atoms with Gasteiger partial charge in [0.05, 0.1) is 23.5 Å². The maximum atomic E-state index is 12.4. The first kappa shape index (κ1) is 18.7. The molecule has 0 saturated carbocycles. The molecule has 27 heavy (non-hydrogen) atoms. The first-order valence-corrected chi connectivity index (χ1v) is 11.6. The van der Waals surface area contributed by atoms with Gasteiger partial charge in [0, 0.05) is 37.4 Å². The second kappa shape index (κ2) is 7.73. The van der Waals surface area contributed by atoms with Crippen molar-refractivity contribution in [3.05, 3.63) is 53.6 Å². The first-order valence-electron chi connectivity index (χ1n) is 9.73. The monoisotopic (exact) mass is 388 g/mol. The molecule has 2 aromatic rings. The molecule has 2 fully saturated rings. The molecule has 0 unspecified atom stereocenters. The van der Waals surface area contributed by atoms with Crippen LogP contribution in [0.2, 0.25) is 0 Å². The van der Waals surface area contributed by atoms with Crippen LogP contribution >= 0.6 is 0 Å². The van der Waals surface area contributed by atoms with Gasteiger partial charge in [-0.1, -0.05) is 30.3 Å². The molecule has 146 valence electrons. The number of imidazole rings is 1. The van der Waals surface area contributed by atoms with Crippen molar-refractivity contribution < 1.29 is 8.42 Å². The van der Waals surface area contributed by atoms with E-state index >= 15 is 0 Å². The topological polar surface area (TPSA) is 69.3 Å². The van der Waals surface area contributed by atoms with Crippen LogP contribution in [0.1, 0.15) is 23.4 Å². The zero-order valence-corrected chi connectivity index (χ0v) is 16.7. The molecule has 2 aliphatic heterocycles. The Morgan fingerprint density at radius 2 is 1.81 bits per heavy atom. The van der Waals surface area contributed by atoms with Crippen LogP contribution in [0.3, 0.4) is 0 Å². The predicted octanol–water partition coefficient (Wildman–Crippen LogP) is 1.63. The van der Waals surface area contributed by atoms with E-state index in [1.807, 2.05) is 13.0 Å². The van der Waals surface area contributed by atoms with E-state index in [0.29, 0.717) is 5.75 Å². The van der Waals surface area contributed by atoms with Crippen molar-refractivity contribution in [2.24, 2.45) is 0 Å². The number of nitrogens with zero attached hydrogens (tertiary/aromatic N) is 3. The number of benzene rings is 1. The van der Waals surface area contributed by atoms with Crippen LogP contribution in [-0.2, 0) is 22.8 Å². The quantitative estimate of drug-likeness (QED) is 0.815. The SMILES string of the molecule is Cc1[nH]cnc1CN1CCN(CCCc2ccccc2)[C@@H]2CS(=O)(=O)C[C@@H]21. The highest BCUT2D eigenvalue weighted by Gasteiger charge is 2.46. The van der Waals surface area contributed by atoms with Crippen molar-refractivity contribution in [3.63, 3.8) is 0 Å². The maximum Gasteiger partial charge on any atom is 0.153 e. The Hall–Kier alpha value is -1.70. The average molecular weight is 389 g/mol. The fourth-order valence-electron chi connectivity index (χ4n) is 4.44. The standard InChI is InChI=1S/C20H28N4O2S/c1-16-18(22-15-21-16)12-24-11-10-23(19-13-27(25,26)14-20(19)24)9-5-8-17-6-3-2-4-7-17/h2-4,6-7,15,19-20H,5,8-14H2,1H3,(H,21,22)/t19-,20+/m1/s1. The molecule has 2 atom stereocenters. The van der Waals surface area contributed by atoms with Crippen LogP contribution in [0.4, 0.5) is 0 Å². The van der Waals surface area contributed by atoms with Gasteiger partial charge in [-0.3, -0.25) is 9.80 Å². The normalized spacial score (nSPS) is 25.5. The molecule has 1 aromatic heterocycles. The Bertz CT molecular complexity index is 865. The molecule has 4 rings (SSSR count). The molecule has 0 bridgehead atoms. The number of H-pyrrole nitrogens is 1. The predicted molar refractivity (Wildman–Crippen MR) is 106 cm³/mol. The van der Waals surface area contributed by atoms with Crippen LogP contribution in [0.15, 0.2) is 36.7 Å². The second-order valence-corrected chi connectivity index (χ2v) is 9.94. The molecule has 1 aromatic carbocycles. The summed E-state index contributed by atoms with van der Waals surface area (Å²) in [7, 11) is -2.97. The smallest absolute Gasteiger partial charge is 0.153 e. The number of hydrogen-bond acceptors (Lipinski definition) is 5. The van der Waals surface area contributed by atoms with Crippen LogP contribution in [0.5, 0.6) is 0 Å². The van der Waals surface area contributed by atoms with Gasteiger partial charge >= 0.3 is 0 Å². The van der Waals surface area contributed by atoms with Gasteiger partial charge in [0.15, 0.2) is 9.84 Å². The van der Waals surface area contributed by atoms with Gasteiger partial charge in [0.1, 0.15) is 0 Å². The van der Waals surface area contributed by atoms with E-state index in [2.05, 4.69) is 44.0 Å². The number of aromatic nitrogens is 2. The van der Waals surface area contributed by atoms with Crippen molar-refractivity contribution in [3.8, 4) is 0 Å². The number of rotatable bonds is 6. The van der Waals surface area contributed by atoms with Gasteiger partial charge in [0.25, 0.3) is 0 Å². The van der Waals surface area contributed by atoms with Crippen LogP contribution in [-0.4, -0.2) is 71.4 Å². The number of sulfone groups is 1. The number of hydrogen-bond donors (Lipinski definition) is 1. The van der Waals surface area contributed by atoms with E-state index < -0.39 is 9.84 Å². The summed E-state index contributed by atoms with van der Waals surface area (Å²) < 4.78 is 24.8. The third kappa shape index (κ3) is 4.25. The minimum atomic E-state index is -2.97. The lowest BCUT2D eigenvalue weighted by Gasteiger charge is -2.43. The highest BCUT2D eigenvalue weighted by molar-refractivity contribution is 7.91. The summed E-state index contributed by atoms with van der Waals surface area (Å²) in [6.45, 7) is 5.53. The van der Waals surface area contributed by atoms with Gasteiger partial charge in [-0.15, -0.1) is 0 Å². The Morgan fingerprint density at radius 1 is 1.11 bits per heavy atom. The van der Waals surface area contributed by atoms with Crippen molar-refractivity contribution in [2.75, 3.05) is 31.1 Å². The average Bonchev–Trinajstić information content (AvgIpc) is 3.20. The Labute approximate surface area is 161 Å². The van der Waals surface area contributed by atoms with Crippen LogP contribution < -0.4 is 0 Å². The van der Waals surface area contributed by atoms with E-state index in [1.165, 1.54) is 5.56 Å². The molecule has 0 aliphatic carbocycles. The summed E-state index contributed by atoms with van der Waals surface area (Å²) in [4.78, 5) is 12.3. The largest absolute Gasteiger partial charge is 0.348 e. The van der Waals surface area contributed by atoms with Gasteiger partial charge < -0.3 is 4.98 Å². The van der Waals surface area contributed by atoms with Crippen molar-refractivity contribution >= 4 is 9.84 Å². The van der Waals surface area contributed by atoms with Gasteiger partial charge in [-0.05, 0) is 31.9 Å². The lowest BCUT2D eigenvalue weighted by Crippen LogP contribution is -2.58. The molecular weight excluding hydrogens is 360 g/mol. The molecule has 1 N–H and O–H groups in total. The summed E-state index contributed by atoms with van der Waals surface area (Å²) in [5.74, 6) is 0.565. The summed E-state index contributed by atoms with van der Waals surface area (Å²) in [6, 6.07) is 10.7. The lowest BCUT2D eigenvalue weighted by atomic mass is 10.0. The third-order valence-corrected chi connectivity index (χ3v) is 7.65. The van der Waals surface area contributed by atoms with E-state index in [0.717, 1.165) is 50.4 Å². The highest BCUT2D eigenvalue weighted by atomic mass is 32.2. The minimum Gasteiger partial charge on any atom is -0.348 e. The number of nitrogens with one attached hydrogen (secondary N) is 1. The zero-order valence-electron chi connectivity index (χ0n) is 15.8. The van der Waals surface area contributed by atoms with E-state index in [4.69, 9.17) is 0 Å². The highest BCUT2D eigenvalue weighted by Crippen LogP contribution is 2.28. The van der Waals surface area contributed by atoms with Gasteiger partial charge in [-0.25, -0.2) is 13.4 Å². The summed E-state index contributed by atoms with van der Waals surface area (Å²) in [6.07, 6.45) is 3.82. The van der Waals surface area contributed by atoms with Crippen molar-refractivity contribution in [1.82, 2.24) is 19.8 Å². The minimum absolute atomic E-state index is 0.0802. The Balaban J connectivity index is 1.41. The maximum absolute atomic E-state index is 12.4. The number of aryl methyl sites for hydroxylation is 2. The number of fused-ring (bicyclic) bond motifs is 1. The van der Waals surface area contributed by atoms with Crippen molar-refractivity contribution in [2.45, 2.75) is 38.4 Å². The molecule has 0 spiro atoms.